The Balaban J connectivity index is 1.49. The summed E-state index contributed by atoms with van der Waals surface area (Å²) in [6, 6.07) is 10.7. The minimum absolute atomic E-state index is 0.174. The molecular formula is C18H17N5O3. The van der Waals surface area contributed by atoms with Crippen molar-refractivity contribution in [1.82, 2.24) is 25.3 Å². The van der Waals surface area contributed by atoms with Crippen molar-refractivity contribution in [3.05, 3.63) is 53.6 Å². The first kappa shape index (κ1) is 16.1. The van der Waals surface area contributed by atoms with Gasteiger partial charge >= 0.3 is 0 Å². The number of aromatic amines is 2. The first-order valence-electron chi connectivity index (χ1n) is 8.06. The van der Waals surface area contributed by atoms with E-state index in [0.717, 1.165) is 16.8 Å². The summed E-state index contributed by atoms with van der Waals surface area (Å²) in [5.41, 5.74) is 3.58. The monoisotopic (exact) mass is 351 g/mol. The Bertz CT molecular complexity index is 1100. The minimum Gasteiger partial charge on any atom is -0.497 e. The number of H-pyrrole nitrogens is 2. The molecular weight excluding hydrogens is 334 g/mol. The highest BCUT2D eigenvalue weighted by Crippen LogP contribution is 2.19. The van der Waals surface area contributed by atoms with E-state index >= 15 is 0 Å². The first-order chi connectivity index (χ1) is 12.7. The molecule has 2 aromatic heterocycles. The quantitative estimate of drug-likeness (QED) is 0.438. The lowest BCUT2D eigenvalue weighted by atomic mass is 10.2. The third-order valence-electron chi connectivity index (χ3n) is 4.10. The van der Waals surface area contributed by atoms with E-state index in [1.807, 2.05) is 18.2 Å². The molecule has 0 saturated carbocycles. The van der Waals surface area contributed by atoms with Gasteiger partial charge in [-0.05, 0) is 30.3 Å². The summed E-state index contributed by atoms with van der Waals surface area (Å²) in [5.74, 6) is 1.65. The highest BCUT2D eigenvalue weighted by molar-refractivity contribution is 5.97. The lowest BCUT2D eigenvalue weighted by Gasteiger charge is -2.03. The predicted molar refractivity (Wildman–Crippen MR) is 95.8 cm³/mol. The number of hydrogen-bond donors (Lipinski definition) is 4. The second-order valence-corrected chi connectivity index (χ2v) is 5.82. The van der Waals surface area contributed by atoms with Crippen molar-refractivity contribution in [3.8, 4) is 5.75 Å². The molecule has 0 aliphatic carbocycles. The third-order valence-corrected chi connectivity index (χ3v) is 4.10. The van der Waals surface area contributed by atoms with Gasteiger partial charge in [-0.15, -0.1) is 0 Å². The molecule has 4 aromatic rings. The van der Waals surface area contributed by atoms with Gasteiger partial charge in [0.05, 0.1) is 35.7 Å². The highest BCUT2D eigenvalue weighted by atomic mass is 16.5. The maximum absolute atomic E-state index is 12.4. The summed E-state index contributed by atoms with van der Waals surface area (Å²) in [4.78, 5) is 27.2. The molecule has 0 aliphatic heterocycles. The average molecular weight is 351 g/mol. The van der Waals surface area contributed by atoms with Crippen LogP contribution < -0.4 is 10.1 Å². The van der Waals surface area contributed by atoms with Crippen molar-refractivity contribution in [2.75, 3.05) is 7.11 Å². The summed E-state index contributed by atoms with van der Waals surface area (Å²) in [6.07, 6.45) is 0. The minimum atomic E-state index is -0.218. The van der Waals surface area contributed by atoms with Crippen LogP contribution in [-0.2, 0) is 13.2 Å². The molecule has 132 valence electrons. The highest BCUT2D eigenvalue weighted by Gasteiger charge is 2.10. The van der Waals surface area contributed by atoms with Crippen molar-refractivity contribution in [3.63, 3.8) is 0 Å². The molecule has 26 heavy (non-hydrogen) atoms. The fourth-order valence-corrected chi connectivity index (χ4v) is 2.80. The van der Waals surface area contributed by atoms with Crippen LogP contribution in [0.3, 0.4) is 0 Å². The van der Waals surface area contributed by atoms with Crippen molar-refractivity contribution >= 4 is 28.0 Å². The number of rotatable bonds is 5. The van der Waals surface area contributed by atoms with Gasteiger partial charge in [0, 0.05) is 11.6 Å². The van der Waals surface area contributed by atoms with E-state index in [9.17, 15) is 4.79 Å². The molecule has 8 heteroatoms. The molecule has 0 radical (unpaired) electrons. The van der Waals surface area contributed by atoms with Crippen LogP contribution in [0.1, 0.15) is 22.0 Å². The van der Waals surface area contributed by atoms with Crippen LogP contribution in [0.4, 0.5) is 0 Å². The van der Waals surface area contributed by atoms with Crippen LogP contribution in [0.5, 0.6) is 5.75 Å². The predicted octanol–water partition coefficient (Wildman–Crippen LogP) is 1.87. The van der Waals surface area contributed by atoms with Crippen molar-refractivity contribution < 1.29 is 14.6 Å². The first-order valence-corrected chi connectivity index (χ1v) is 8.06. The summed E-state index contributed by atoms with van der Waals surface area (Å²) in [6.45, 7) is 0.103. The molecule has 2 heterocycles. The molecule has 2 aromatic carbocycles. The van der Waals surface area contributed by atoms with E-state index in [4.69, 9.17) is 9.84 Å². The molecule has 0 fully saturated rings. The van der Waals surface area contributed by atoms with Gasteiger partial charge in [0.15, 0.2) is 0 Å². The fraction of sp³-hybridized carbons (Fsp3) is 0.167. The Morgan fingerprint density at radius 1 is 1.08 bits per heavy atom. The number of ether oxygens (including phenoxy) is 1. The van der Waals surface area contributed by atoms with Crippen LogP contribution >= 0.6 is 0 Å². The van der Waals surface area contributed by atoms with E-state index in [1.54, 1.807) is 25.3 Å². The Hall–Kier alpha value is -3.39. The van der Waals surface area contributed by atoms with Crippen LogP contribution in [0.2, 0.25) is 0 Å². The Morgan fingerprint density at radius 3 is 2.54 bits per heavy atom. The van der Waals surface area contributed by atoms with E-state index in [1.165, 1.54) is 0 Å². The molecule has 0 spiro atoms. The number of hydrogen-bond acceptors (Lipinski definition) is 5. The van der Waals surface area contributed by atoms with Gasteiger partial charge in [-0.25, -0.2) is 9.97 Å². The average Bonchev–Trinajstić information content (AvgIpc) is 3.27. The van der Waals surface area contributed by atoms with Crippen LogP contribution in [0.25, 0.3) is 22.1 Å². The molecule has 8 nitrogen and oxygen atoms in total. The Kier molecular flexibility index (Phi) is 4.02. The standard InChI is InChI=1S/C18H17N5O3/c1-26-11-3-5-13-15(7-11)22-16(20-13)8-19-18(25)10-2-4-12-14(6-10)23-17(9-24)21-12/h2-7,24H,8-9H2,1H3,(H,19,25)(H,20,22)(H,21,23). The summed E-state index contributed by atoms with van der Waals surface area (Å²) >= 11 is 0. The Labute approximate surface area is 148 Å². The van der Waals surface area contributed by atoms with Crippen molar-refractivity contribution in [2.24, 2.45) is 0 Å². The van der Waals surface area contributed by atoms with Crippen LogP contribution in [-0.4, -0.2) is 38.1 Å². The maximum Gasteiger partial charge on any atom is 0.251 e. The van der Waals surface area contributed by atoms with E-state index in [-0.39, 0.29) is 19.1 Å². The van der Waals surface area contributed by atoms with Gasteiger partial charge in [0.25, 0.3) is 5.91 Å². The van der Waals surface area contributed by atoms with Gasteiger partial charge in [-0.3, -0.25) is 4.79 Å². The number of aliphatic hydroxyl groups excluding tert-OH is 1. The van der Waals surface area contributed by atoms with E-state index < -0.39 is 0 Å². The molecule has 4 rings (SSSR count). The maximum atomic E-state index is 12.4. The van der Waals surface area contributed by atoms with Gasteiger partial charge in [-0.1, -0.05) is 0 Å². The van der Waals surface area contributed by atoms with Crippen LogP contribution in [0.15, 0.2) is 36.4 Å². The number of aliphatic hydroxyl groups is 1. The molecule has 4 N–H and O–H groups in total. The Morgan fingerprint density at radius 2 is 1.77 bits per heavy atom. The van der Waals surface area contributed by atoms with Gasteiger partial charge in [0.1, 0.15) is 24.0 Å². The summed E-state index contributed by atoms with van der Waals surface area (Å²) < 4.78 is 5.19. The van der Waals surface area contributed by atoms with Gasteiger partial charge in [0.2, 0.25) is 0 Å². The third kappa shape index (κ3) is 2.98. The zero-order chi connectivity index (χ0) is 18.1. The smallest absolute Gasteiger partial charge is 0.251 e. The zero-order valence-electron chi connectivity index (χ0n) is 14.0. The number of amides is 1. The molecule has 0 aliphatic rings. The van der Waals surface area contributed by atoms with E-state index in [0.29, 0.717) is 28.2 Å². The summed E-state index contributed by atoms with van der Waals surface area (Å²) in [5, 5.41) is 12.0. The van der Waals surface area contributed by atoms with Crippen molar-refractivity contribution in [1.29, 1.82) is 0 Å². The number of nitrogens with zero attached hydrogens (tertiary/aromatic N) is 2. The zero-order valence-corrected chi connectivity index (χ0v) is 14.0. The molecule has 0 unspecified atom stereocenters. The SMILES string of the molecule is COc1ccc2nc(CNC(=O)c3ccc4nc(CO)[nH]c4c3)[nH]c2c1. The number of carbonyl (C=O) groups is 1. The number of carbonyl (C=O) groups excluding carboxylic acids is 1. The normalized spacial score (nSPS) is 11.2. The number of methoxy groups -OCH3 is 1. The second kappa shape index (κ2) is 6.49. The number of aromatic nitrogens is 4. The topological polar surface area (TPSA) is 116 Å². The van der Waals surface area contributed by atoms with Gasteiger partial charge in [-0.2, -0.15) is 0 Å². The fourth-order valence-electron chi connectivity index (χ4n) is 2.80. The number of imidazole rings is 2. The van der Waals surface area contributed by atoms with Crippen LogP contribution in [0, 0.1) is 0 Å². The van der Waals surface area contributed by atoms with Crippen molar-refractivity contribution in [2.45, 2.75) is 13.2 Å². The molecule has 1 amide bonds. The second-order valence-electron chi connectivity index (χ2n) is 5.82. The molecule has 0 bridgehead atoms. The molecule has 0 atom stereocenters. The van der Waals surface area contributed by atoms with Gasteiger partial charge < -0.3 is 25.1 Å². The summed E-state index contributed by atoms with van der Waals surface area (Å²) in [7, 11) is 1.61. The van der Waals surface area contributed by atoms with E-state index in [2.05, 4.69) is 25.3 Å². The molecule has 0 saturated heterocycles. The number of benzene rings is 2. The number of nitrogens with one attached hydrogen (secondary N) is 3. The lowest BCUT2D eigenvalue weighted by molar-refractivity contribution is 0.0950. The lowest BCUT2D eigenvalue weighted by Crippen LogP contribution is -2.23. The number of fused-ring (bicyclic) bond motifs is 2. The largest absolute Gasteiger partial charge is 0.497 e.